The highest BCUT2D eigenvalue weighted by Crippen LogP contribution is 2.30. The summed E-state index contributed by atoms with van der Waals surface area (Å²) in [6.45, 7) is 2.62. The van der Waals surface area contributed by atoms with Gasteiger partial charge in [-0.1, -0.05) is 12.8 Å². The lowest BCUT2D eigenvalue weighted by atomic mass is 9.90. The van der Waals surface area contributed by atoms with Gasteiger partial charge in [0.15, 0.2) is 0 Å². The molecule has 1 saturated heterocycles. The van der Waals surface area contributed by atoms with Gasteiger partial charge in [-0.15, -0.1) is 0 Å². The quantitative estimate of drug-likeness (QED) is 0.821. The van der Waals surface area contributed by atoms with Crippen LogP contribution in [0.25, 0.3) is 0 Å². The Balaban J connectivity index is 1.78. The fraction of sp³-hybridized carbons (Fsp3) is 0.846. The highest BCUT2D eigenvalue weighted by molar-refractivity contribution is 5.81. The molecule has 0 aromatic carbocycles. The first-order valence-corrected chi connectivity index (χ1v) is 6.64. The van der Waals surface area contributed by atoms with E-state index in [1.54, 1.807) is 11.8 Å². The summed E-state index contributed by atoms with van der Waals surface area (Å²) in [5.41, 5.74) is -0.789. The van der Waals surface area contributed by atoms with Crippen molar-refractivity contribution in [3.05, 3.63) is 0 Å². The Morgan fingerprint density at radius 2 is 2.06 bits per heavy atom. The molecule has 0 aromatic rings. The third kappa shape index (κ3) is 2.83. The summed E-state index contributed by atoms with van der Waals surface area (Å²) in [4.78, 5) is 24.6. The number of carboxylic acids is 1. The average Bonchev–Trinajstić information content (AvgIpc) is 2.95. The van der Waals surface area contributed by atoms with Crippen LogP contribution in [0.1, 0.15) is 39.0 Å². The van der Waals surface area contributed by atoms with E-state index in [4.69, 9.17) is 9.84 Å². The predicted molar refractivity (Wildman–Crippen MR) is 65.1 cm³/mol. The van der Waals surface area contributed by atoms with Crippen LogP contribution in [0.5, 0.6) is 0 Å². The molecule has 1 amide bonds. The molecule has 1 heterocycles. The number of rotatable bonds is 4. The minimum Gasteiger partial charge on any atom is -0.481 e. The Kier molecular flexibility index (Phi) is 3.90. The lowest BCUT2D eigenvalue weighted by Crippen LogP contribution is -2.37. The zero-order valence-electron chi connectivity index (χ0n) is 10.9. The average molecular weight is 255 g/mol. The SMILES string of the molecule is CC1(C(=O)O)CCN(C(=O)COC2CCCC2)C1. The summed E-state index contributed by atoms with van der Waals surface area (Å²) in [6, 6.07) is 0. The minimum absolute atomic E-state index is 0.0770. The summed E-state index contributed by atoms with van der Waals surface area (Å²) in [6.07, 6.45) is 5.19. The van der Waals surface area contributed by atoms with Gasteiger partial charge in [0, 0.05) is 13.1 Å². The van der Waals surface area contributed by atoms with E-state index in [-0.39, 0.29) is 18.6 Å². The van der Waals surface area contributed by atoms with Crippen molar-refractivity contribution in [3.8, 4) is 0 Å². The van der Waals surface area contributed by atoms with E-state index in [0.29, 0.717) is 19.5 Å². The molecule has 2 fully saturated rings. The van der Waals surface area contributed by atoms with Crippen LogP contribution in [0.15, 0.2) is 0 Å². The number of ether oxygens (including phenoxy) is 1. The van der Waals surface area contributed by atoms with Crippen molar-refractivity contribution in [3.63, 3.8) is 0 Å². The molecule has 1 aliphatic carbocycles. The number of carboxylic acid groups (broad SMARTS) is 1. The number of amides is 1. The van der Waals surface area contributed by atoms with Gasteiger partial charge in [-0.3, -0.25) is 9.59 Å². The second-order valence-corrected chi connectivity index (χ2v) is 5.65. The largest absolute Gasteiger partial charge is 0.481 e. The smallest absolute Gasteiger partial charge is 0.311 e. The van der Waals surface area contributed by atoms with Gasteiger partial charge in [0.05, 0.1) is 11.5 Å². The maximum Gasteiger partial charge on any atom is 0.311 e. The summed E-state index contributed by atoms with van der Waals surface area (Å²) >= 11 is 0. The lowest BCUT2D eigenvalue weighted by Gasteiger charge is -2.21. The fourth-order valence-corrected chi connectivity index (χ4v) is 2.68. The third-order valence-electron chi connectivity index (χ3n) is 4.09. The van der Waals surface area contributed by atoms with E-state index in [2.05, 4.69) is 0 Å². The second-order valence-electron chi connectivity index (χ2n) is 5.65. The van der Waals surface area contributed by atoms with E-state index in [1.165, 1.54) is 12.8 Å². The molecule has 1 saturated carbocycles. The summed E-state index contributed by atoms with van der Waals surface area (Å²) in [5, 5.41) is 9.11. The Bertz CT molecular complexity index is 338. The normalized spacial score (nSPS) is 28.8. The number of carbonyl (C=O) groups is 2. The van der Waals surface area contributed by atoms with Crippen molar-refractivity contribution < 1.29 is 19.4 Å². The number of hydrogen-bond acceptors (Lipinski definition) is 3. The van der Waals surface area contributed by atoms with Gasteiger partial charge < -0.3 is 14.7 Å². The molecule has 0 radical (unpaired) electrons. The molecule has 5 nitrogen and oxygen atoms in total. The zero-order valence-corrected chi connectivity index (χ0v) is 10.9. The molecule has 2 rings (SSSR count). The number of hydrogen-bond donors (Lipinski definition) is 1. The van der Waals surface area contributed by atoms with Crippen LogP contribution in [0.3, 0.4) is 0 Å². The van der Waals surface area contributed by atoms with Crippen LogP contribution in [0.2, 0.25) is 0 Å². The number of nitrogens with zero attached hydrogens (tertiary/aromatic N) is 1. The topological polar surface area (TPSA) is 66.8 Å². The van der Waals surface area contributed by atoms with Gasteiger partial charge in [-0.05, 0) is 26.2 Å². The van der Waals surface area contributed by atoms with Crippen LogP contribution in [0.4, 0.5) is 0 Å². The first-order valence-electron chi connectivity index (χ1n) is 6.64. The molecule has 0 aromatic heterocycles. The maximum atomic E-state index is 11.9. The van der Waals surface area contributed by atoms with Crippen LogP contribution in [-0.4, -0.2) is 47.7 Å². The monoisotopic (exact) mass is 255 g/mol. The van der Waals surface area contributed by atoms with Gasteiger partial charge >= 0.3 is 5.97 Å². The van der Waals surface area contributed by atoms with Gasteiger partial charge in [-0.2, -0.15) is 0 Å². The van der Waals surface area contributed by atoms with Crippen molar-refractivity contribution in [1.29, 1.82) is 0 Å². The van der Waals surface area contributed by atoms with Crippen molar-refractivity contribution in [2.24, 2.45) is 5.41 Å². The molecule has 1 unspecified atom stereocenters. The lowest BCUT2D eigenvalue weighted by molar-refractivity contribution is -0.147. The van der Waals surface area contributed by atoms with Crippen LogP contribution >= 0.6 is 0 Å². The number of carbonyl (C=O) groups excluding carboxylic acids is 1. The zero-order chi connectivity index (χ0) is 13.2. The molecule has 1 atom stereocenters. The molecule has 1 N–H and O–H groups in total. The van der Waals surface area contributed by atoms with E-state index in [0.717, 1.165) is 12.8 Å². The Labute approximate surface area is 107 Å². The number of aliphatic carboxylic acids is 1. The maximum absolute atomic E-state index is 11.9. The van der Waals surface area contributed by atoms with Crippen LogP contribution < -0.4 is 0 Å². The molecule has 1 aliphatic heterocycles. The fourth-order valence-electron chi connectivity index (χ4n) is 2.68. The third-order valence-corrected chi connectivity index (χ3v) is 4.09. The second kappa shape index (κ2) is 5.26. The van der Waals surface area contributed by atoms with Crippen molar-refractivity contribution in [2.45, 2.75) is 45.1 Å². The number of likely N-dealkylation sites (tertiary alicyclic amines) is 1. The van der Waals surface area contributed by atoms with Crippen molar-refractivity contribution in [1.82, 2.24) is 4.90 Å². The van der Waals surface area contributed by atoms with Gasteiger partial charge in [0.25, 0.3) is 0 Å². The molecule has 18 heavy (non-hydrogen) atoms. The highest BCUT2D eigenvalue weighted by atomic mass is 16.5. The molecule has 102 valence electrons. The van der Waals surface area contributed by atoms with Crippen molar-refractivity contribution >= 4 is 11.9 Å². The Morgan fingerprint density at radius 3 is 2.61 bits per heavy atom. The van der Waals surface area contributed by atoms with Gasteiger partial charge in [0.2, 0.25) is 5.91 Å². The Morgan fingerprint density at radius 1 is 1.39 bits per heavy atom. The molecular weight excluding hydrogens is 234 g/mol. The van der Waals surface area contributed by atoms with E-state index < -0.39 is 11.4 Å². The van der Waals surface area contributed by atoms with Gasteiger partial charge in [-0.25, -0.2) is 0 Å². The first kappa shape index (κ1) is 13.3. The van der Waals surface area contributed by atoms with Crippen LogP contribution in [0, 0.1) is 5.41 Å². The molecule has 2 aliphatic rings. The van der Waals surface area contributed by atoms with E-state index >= 15 is 0 Å². The molecular formula is C13H21NO4. The molecule has 0 spiro atoms. The molecule has 5 heteroatoms. The summed E-state index contributed by atoms with van der Waals surface area (Å²) < 4.78 is 5.57. The minimum atomic E-state index is -0.825. The van der Waals surface area contributed by atoms with E-state index in [1.807, 2.05) is 0 Å². The summed E-state index contributed by atoms with van der Waals surface area (Å²) in [5.74, 6) is -0.901. The summed E-state index contributed by atoms with van der Waals surface area (Å²) in [7, 11) is 0. The first-order chi connectivity index (χ1) is 8.51. The molecule has 0 bridgehead atoms. The standard InChI is InChI=1S/C13H21NO4/c1-13(12(16)17)6-7-14(9-13)11(15)8-18-10-4-2-3-5-10/h10H,2-9H2,1H3,(H,16,17). The van der Waals surface area contributed by atoms with Gasteiger partial charge in [0.1, 0.15) is 6.61 Å². The Hall–Kier alpha value is -1.10. The van der Waals surface area contributed by atoms with Crippen LogP contribution in [-0.2, 0) is 14.3 Å². The van der Waals surface area contributed by atoms with E-state index in [9.17, 15) is 9.59 Å². The van der Waals surface area contributed by atoms with Crippen molar-refractivity contribution in [2.75, 3.05) is 19.7 Å². The predicted octanol–water partition coefficient (Wildman–Crippen LogP) is 1.27. The highest BCUT2D eigenvalue weighted by Gasteiger charge is 2.42.